The number of hydrogen-bond donors (Lipinski definition) is 0. The minimum absolute atomic E-state index is 0.818. The van der Waals surface area contributed by atoms with Crippen LogP contribution in [0.25, 0.3) is 11.3 Å². The number of rotatable bonds is 1. The van der Waals surface area contributed by atoms with E-state index in [0.29, 0.717) is 0 Å². The molecule has 0 radical (unpaired) electrons. The molecule has 0 amide bonds. The van der Waals surface area contributed by atoms with E-state index >= 15 is 0 Å². The minimum atomic E-state index is 0.818. The Hall–Kier alpha value is -1.57. The zero-order valence-corrected chi connectivity index (χ0v) is 8.82. The topological polar surface area (TPSA) is 26.0 Å². The van der Waals surface area contributed by atoms with E-state index in [1.165, 1.54) is 12.0 Å². The Labute approximate surface area is 84.6 Å². The van der Waals surface area contributed by atoms with Gasteiger partial charge in [0, 0.05) is 5.56 Å². The van der Waals surface area contributed by atoms with Crippen LogP contribution in [0.5, 0.6) is 0 Å². The van der Waals surface area contributed by atoms with Crippen LogP contribution < -0.4 is 0 Å². The molecule has 0 spiro atoms. The Bertz CT molecular complexity index is 366. The highest BCUT2D eigenvalue weighted by atomic mass is 16.3. The number of benzene rings is 1. The van der Waals surface area contributed by atoms with E-state index in [-0.39, 0.29) is 0 Å². The first kappa shape index (κ1) is 10.5. The van der Waals surface area contributed by atoms with Crippen molar-refractivity contribution in [3.63, 3.8) is 0 Å². The molecule has 1 aromatic heterocycles. The smallest absolute Gasteiger partial charge is 0.181 e. The molecule has 2 heteroatoms. The van der Waals surface area contributed by atoms with Gasteiger partial charge in [0.2, 0.25) is 0 Å². The summed E-state index contributed by atoms with van der Waals surface area (Å²) in [6, 6.07) is 8.14. The lowest BCUT2D eigenvalue weighted by Gasteiger charge is -1.96. The third kappa shape index (κ3) is 2.46. The summed E-state index contributed by atoms with van der Waals surface area (Å²) in [5.74, 6) is 0.818. The van der Waals surface area contributed by atoms with Crippen molar-refractivity contribution in [1.82, 2.24) is 4.98 Å². The van der Waals surface area contributed by atoms with Gasteiger partial charge in [-0.25, -0.2) is 4.98 Å². The molecule has 2 aromatic rings. The van der Waals surface area contributed by atoms with Crippen molar-refractivity contribution < 1.29 is 4.42 Å². The van der Waals surface area contributed by atoms with Crippen molar-refractivity contribution in [2.24, 2.45) is 0 Å². The molecule has 74 valence electrons. The number of aryl methyl sites for hydroxylation is 1. The summed E-state index contributed by atoms with van der Waals surface area (Å²) in [5, 5.41) is 0. The Balaban J connectivity index is 0.000000461. The summed E-state index contributed by atoms with van der Waals surface area (Å²) in [7, 11) is 0. The first-order valence-electron chi connectivity index (χ1n) is 4.82. The fraction of sp³-hybridized carbons (Fsp3) is 0.250. The lowest BCUT2D eigenvalue weighted by molar-refractivity contribution is 0.572. The first-order valence-corrected chi connectivity index (χ1v) is 4.82. The third-order valence-electron chi connectivity index (χ3n) is 1.73. The molecule has 0 saturated heterocycles. The molecule has 0 aliphatic carbocycles. The number of hydrogen-bond acceptors (Lipinski definition) is 2. The van der Waals surface area contributed by atoms with Crippen molar-refractivity contribution in [2.75, 3.05) is 0 Å². The second-order valence-corrected chi connectivity index (χ2v) is 2.74. The van der Waals surface area contributed by atoms with Gasteiger partial charge in [-0.3, -0.25) is 0 Å². The molecular formula is C12H15NO. The van der Waals surface area contributed by atoms with Gasteiger partial charge in [0.1, 0.15) is 0 Å². The quantitative estimate of drug-likeness (QED) is 0.684. The molecule has 0 aliphatic rings. The highest BCUT2D eigenvalue weighted by molar-refractivity contribution is 5.56. The van der Waals surface area contributed by atoms with Crippen molar-refractivity contribution in [3.05, 3.63) is 42.4 Å². The summed E-state index contributed by atoms with van der Waals surface area (Å²) in [6.07, 6.45) is 3.16. The highest BCUT2D eigenvalue weighted by Crippen LogP contribution is 2.18. The molecule has 2 rings (SSSR count). The summed E-state index contributed by atoms with van der Waals surface area (Å²) in [6.45, 7) is 6.06. The van der Waals surface area contributed by atoms with Gasteiger partial charge in [-0.2, -0.15) is 0 Å². The predicted molar refractivity (Wildman–Crippen MR) is 58.0 cm³/mol. The summed E-state index contributed by atoms with van der Waals surface area (Å²) < 4.78 is 5.16. The lowest BCUT2D eigenvalue weighted by atomic mass is 10.1. The van der Waals surface area contributed by atoms with E-state index in [0.717, 1.165) is 11.3 Å². The van der Waals surface area contributed by atoms with Crippen LogP contribution in [0.15, 0.2) is 41.3 Å². The van der Waals surface area contributed by atoms with E-state index in [1.54, 1.807) is 6.20 Å². The standard InChI is InChI=1S/C10H9NO.C2H6/c1-8-3-2-4-9(5-8)10-6-11-7-12-10;1-2/h2-7H,1H3;1-2H3. The molecule has 0 bridgehead atoms. The van der Waals surface area contributed by atoms with E-state index < -0.39 is 0 Å². The third-order valence-corrected chi connectivity index (χ3v) is 1.73. The number of oxazole rings is 1. The van der Waals surface area contributed by atoms with Gasteiger partial charge >= 0.3 is 0 Å². The second kappa shape index (κ2) is 5.22. The number of nitrogens with zero attached hydrogens (tertiary/aromatic N) is 1. The maximum Gasteiger partial charge on any atom is 0.181 e. The predicted octanol–water partition coefficient (Wildman–Crippen LogP) is 3.68. The van der Waals surface area contributed by atoms with Crippen LogP contribution >= 0.6 is 0 Å². The van der Waals surface area contributed by atoms with Gasteiger partial charge in [-0.1, -0.05) is 37.6 Å². The number of aromatic nitrogens is 1. The van der Waals surface area contributed by atoms with Gasteiger partial charge in [0.25, 0.3) is 0 Å². The van der Waals surface area contributed by atoms with Crippen LogP contribution in [0.1, 0.15) is 19.4 Å². The van der Waals surface area contributed by atoms with Crippen molar-refractivity contribution in [1.29, 1.82) is 0 Å². The van der Waals surface area contributed by atoms with E-state index in [9.17, 15) is 0 Å². The van der Waals surface area contributed by atoms with Crippen LogP contribution in [0.3, 0.4) is 0 Å². The Morgan fingerprint density at radius 3 is 2.57 bits per heavy atom. The van der Waals surface area contributed by atoms with Gasteiger partial charge in [0.15, 0.2) is 12.2 Å². The monoisotopic (exact) mass is 189 g/mol. The highest BCUT2D eigenvalue weighted by Gasteiger charge is 1.99. The van der Waals surface area contributed by atoms with Crippen molar-refractivity contribution in [2.45, 2.75) is 20.8 Å². The lowest BCUT2D eigenvalue weighted by Crippen LogP contribution is -1.75. The molecule has 0 fully saturated rings. The van der Waals surface area contributed by atoms with E-state index in [2.05, 4.69) is 24.0 Å². The molecular weight excluding hydrogens is 174 g/mol. The van der Waals surface area contributed by atoms with Gasteiger partial charge in [-0.05, 0) is 13.0 Å². The van der Waals surface area contributed by atoms with Crippen LogP contribution in [0.2, 0.25) is 0 Å². The maximum atomic E-state index is 5.16. The van der Waals surface area contributed by atoms with Crippen molar-refractivity contribution >= 4 is 0 Å². The second-order valence-electron chi connectivity index (χ2n) is 2.74. The van der Waals surface area contributed by atoms with Gasteiger partial charge < -0.3 is 4.42 Å². The largest absolute Gasteiger partial charge is 0.444 e. The maximum absolute atomic E-state index is 5.16. The summed E-state index contributed by atoms with van der Waals surface area (Å²) in [4.78, 5) is 3.86. The van der Waals surface area contributed by atoms with Crippen molar-refractivity contribution in [3.8, 4) is 11.3 Å². The van der Waals surface area contributed by atoms with Crippen LogP contribution in [0, 0.1) is 6.92 Å². The average molecular weight is 189 g/mol. The zero-order valence-electron chi connectivity index (χ0n) is 8.82. The van der Waals surface area contributed by atoms with Crippen LogP contribution in [-0.4, -0.2) is 4.98 Å². The summed E-state index contributed by atoms with van der Waals surface area (Å²) in [5.41, 5.74) is 2.30. The Kier molecular flexibility index (Phi) is 3.92. The summed E-state index contributed by atoms with van der Waals surface area (Å²) >= 11 is 0. The molecule has 1 aromatic carbocycles. The van der Waals surface area contributed by atoms with E-state index in [4.69, 9.17) is 4.42 Å². The van der Waals surface area contributed by atoms with Gasteiger partial charge in [-0.15, -0.1) is 0 Å². The SMILES string of the molecule is CC.Cc1cccc(-c2cnco2)c1. The molecule has 1 heterocycles. The molecule has 0 N–H and O–H groups in total. The Morgan fingerprint density at radius 1 is 1.21 bits per heavy atom. The fourth-order valence-corrected chi connectivity index (χ4v) is 1.16. The van der Waals surface area contributed by atoms with Crippen LogP contribution in [0.4, 0.5) is 0 Å². The van der Waals surface area contributed by atoms with E-state index in [1.807, 2.05) is 26.0 Å². The Morgan fingerprint density at radius 2 is 2.00 bits per heavy atom. The zero-order chi connectivity index (χ0) is 10.4. The average Bonchev–Trinajstić information content (AvgIpc) is 2.74. The van der Waals surface area contributed by atoms with Gasteiger partial charge in [0.05, 0.1) is 6.20 Å². The minimum Gasteiger partial charge on any atom is -0.444 e. The molecule has 2 nitrogen and oxygen atoms in total. The molecule has 14 heavy (non-hydrogen) atoms. The molecule has 0 atom stereocenters. The molecule has 0 aliphatic heterocycles. The van der Waals surface area contributed by atoms with Crippen LogP contribution in [-0.2, 0) is 0 Å². The normalized spacial score (nSPS) is 9.07. The molecule has 0 saturated carbocycles. The molecule has 0 unspecified atom stereocenters. The first-order chi connectivity index (χ1) is 6.86. The fourth-order valence-electron chi connectivity index (χ4n) is 1.16.